The van der Waals surface area contributed by atoms with Gasteiger partial charge >= 0.3 is 0 Å². The van der Waals surface area contributed by atoms with E-state index in [9.17, 15) is 14.0 Å². The van der Waals surface area contributed by atoms with Crippen LogP contribution in [0.3, 0.4) is 0 Å². The van der Waals surface area contributed by atoms with Crippen LogP contribution in [-0.4, -0.2) is 40.8 Å². The molecule has 9 heteroatoms. The number of hydrogen-bond acceptors (Lipinski definition) is 5. The molecule has 1 aliphatic rings. The van der Waals surface area contributed by atoms with Crippen molar-refractivity contribution in [3.05, 3.63) is 45.8 Å². The Bertz CT molecular complexity index is 1000. The van der Waals surface area contributed by atoms with Gasteiger partial charge in [-0.1, -0.05) is 37.0 Å². The fourth-order valence-corrected chi connectivity index (χ4v) is 3.71. The van der Waals surface area contributed by atoms with Crippen LogP contribution in [0.25, 0.3) is 0 Å². The summed E-state index contributed by atoms with van der Waals surface area (Å²) in [5.41, 5.74) is -0.209. The first-order chi connectivity index (χ1) is 14.7. The second kappa shape index (κ2) is 9.83. The molecule has 2 aromatic rings. The summed E-state index contributed by atoms with van der Waals surface area (Å²) >= 11 is 12.4. The van der Waals surface area contributed by atoms with Gasteiger partial charge in [0.25, 0.3) is 5.91 Å². The third kappa shape index (κ3) is 5.46. The van der Waals surface area contributed by atoms with Gasteiger partial charge in [0.05, 0.1) is 29.4 Å². The van der Waals surface area contributed by atoms with E-state index in [1.165, 1.54) is 30.2 Å². The quantitative estimate of drug-likeness (QED) is 0.532. The van der Waals surface area contributed by atoms with Crippen LogP contribution in [0.15, 0.2) is 24.4 Å². The molecule has 0 N–H and O–H groups in total. The summed E-state index contributed by atoms with van der Waals surface area (Å²) in [4.78, 5) is 30.1. The van der Waals surface area contributed by atoms with E-state index in [0.717, 1.165) is 6.07 Å². The molecule has 0 bridgehead atoms. The summed E-state index contributed by atoms with van der Waals surface area (Å²) in [5, 5.41) is 0.283. The van der Waals surface area contributed by atoms with E-state index in [2.05, 4.69) is 4.98 Å². The average Bonchev–Trinajstić information content (AvgIpc) is 3.19. The number of ether oxygens (including phenoxy) is 2. The molecule has 0 radical (unpaired) electrons. The molecule has 0 unspecified atom stereocenters. The fourth-order valence-electron chi connectivity index (χ4n) is 3.30. The van der Waals surface area contributed by atoms with E-state index < -0.39 is 17.8 Å². The van der Waals surface area contributed by atoms with Crippen molar-refractivity contribution in [2.24, 2.45) is 5.92 Å². The van der Waals surface area contributed by atoms with Gasteiger partial charge in [0.15, 0.2) is 5.78 Å². The number of nitrogens with zero attached hydrogens (tertiary/aromatic N) is 2. The van der Waals surface area contributed by atoms with E-state index >= 15 is 0 Å². The maximum Gasteiger partial charge on any atom is 0.257 e. The van der Waals surface area contributed by atoms with Crippen LogP contribution in [0.5, 0.6) is 17.4 Å². The normalized spacial score (nSPS) is 16.0. The Morgan fingerprint density at radius 2 is 2.00 bits per heavy atom. The number of carbonyl (C=O) groups is 2. The molecular weight excluding hydrogens is 446 g/mol. The zero-order chi connectivity index (χ0) is 22.7. The van der Waals surface area contributed by atoms with Crippen molar-refractivity contribution in [3.8, 4) is 17.4 Å². The average molecular weight is 469 g/mol. The molecule has 1 aliphatic heterocycles. The molecule has 6 nitrogen and oxygen atoms in total. The number of amides is 1. The standard InChI is InChI=1S/C22H23Cl2FN2O4/c1-12(2)11-30-21-17(24)7-14(10-26-21)31-20-9-18(25)15(8-16(20)23)22(29)27-6-4-5-19(27)13(3)28/h7-10,12,19H,4-6,11H2,1-3H3/t19-/m0/s1. The van der Waals surface area contributed by atoms with Crippen molar-refractivity contribution in [3.63, 3.8) is 0 Å². The van der Waals surface area contributed by atoms with Gasteiger partial charge in [-0.3, -0.25) is 9.59 Å². The van der Waals surface area contributed by atoms with E-state index in [1.807, 2.05) is 13.8 Å². The van der Waals surface area contributed by atoms with Gasteiger partial charge in [-0.15, -0.1) is 0 Å². The Balaban J connectivity index is 1.78. The highest BCUT2D eigenvalue weighted by Gasteiger charge is 2.33. The molecule has 0 aliphatic carbocycles. The van der Waals surface area contributed by atoms with Crippen molar-refractivity contribution in [1.82, 2.24) is 9.88 Å². The SMILES string of the molecule is CC(=O)[C@@H]1CCCN1C(=O)c1cc(Cl)c(Oc2cnc(OCC(C)C)c(Cl)c2)cc1F. The molecule has 0 saturated carbocycles. The van der Waals surface area contributed by atoms with Crippen molar-refractivity contribution in [2.45, 2.75) is 39.7 Å². The lowest BCUT2D eigenvalue weighted by atomic mass is 10.1. The minimum Gasteiger partial charge on any atom is -0.476 e. The van der Waals surface area contributed by atoms with Crippen LogP contribution in [0.1, 0.15) is 44.0 Å². The lowest BCUT2D eigenvalue weighted by Crippen LogP contribution is -2.39. The summed E-state index contributed by atoms with van der Waals surface area (Å²) in [7, 11) is 0. The molecule has 1 atom stereocenters. The first-order valence-corrected chi connectivity index (χ1v) is 10.7. The molecule has 1 amide bonds. The monoisotopic (exact) mass is 468 g/mol. The summed E-state index contributed by atoms with van der Waals surface area (Å²) in [6.07, 6.45) is 2.65. The smallest absolute Gasteiger partial charge is 0.257 e. The number of hydrogen-bond donors (Lipinski definition) is 0. The number of aromatic nitrogens is 1. The van der Waals surface area contributed by atoms with Crippen LogP contribution in [-0.2, 0) is 4.79 Å². The highest BCUT2D eigenvalue weighted by Crippen LogP contribution is 2.35. The number of benzene rings is 1. The molecule has 1 aromatic carbocycles. The van der Waals surface area contributed by atoms with Crippen LogP contribution < -0.4 is 9.47 Å². The Hall–Kier alpha value is -2.38. The Morgan fingerprint density at radius 1 is 1.26 bits per heavy atom. The maximum atomic E-state index is 14.8. The lowest BCUT2D eigenvalue weighted by molar-refractivity contribution is -0.120. The summed E-state index contributed by atoms with van der Waals surface area (Å²) in [5.74, 6) is -0.667. The number of pyridine rings is 1. The van der Waals surface area contributed by atoms with Crippen LogP contribution >= 0.6 is 23.2 Å². The number of carbonyl (C=O) groups excluding carboxylic acids is 2. The zero-order valence-electron chi connectivity index (χ0n) is 17.5. The Labute approximate surface area is 190 Å². The second-order valence-corrected chi connectivity index (χ2v) is 8.61. The number of likely N-dealkylation sites (tertiary alicyclic amines) is 1. The Kier molecular flexibility index (Phi) is 7.38. The zero-order valence-corrected chi connectivity index (χ0v) is 19.0. The topological polar surface area (TPSA) is 68.7 Å². The molecule has 1 fully saturated rings. The Morgan fingerprint density at radius 3 is 2.65 bits per heavy atom. The second-order valence-electron chi connectivity index (χ2n) is 7.79. The van der Waals surface area contributed by atoms with Gasteiger partial charge in [-0.25, -0.2) is 9.37 Å². The van der Waals surface area contributed by atoms with Crippen molar-refractivity contribution < 1.29 is 23.5 Å². The van der Waals surface area contributed by atoms with Gasteiger partial charge in [-0.05, 0) is 31.7 Å². The van der Waals surface area contributed by atoms with E-state index in [-0.39, 0.29) is 38.8 Å². The summed E-state index contributed by atoms with van der Waals surface area (Å²) in [6, 6.07) is 3.19. The van der Waals surface area contributed by atoms with Gasteiger partial charge in [0, 0.05) is 18.7 Å². The minimum absolute atomic E-state index is 0.00831. The van der Waals surface area contributed by atoms with E-state index in [4.69, 9.17) is 32.7 Å². The maximum absolute atomic E-state index is 14.8. The van der Waals surface area contributed by atoms with Crippen LogP contribution in [0.4, 0.5) is 4.39 Å². The molecule has 3 rings (SSSR count). The van der Waals surface area contributed by atoms with Crippen molar-refractivity contribution in [2.75, 3.05) is 13.2 Å². The highest BCUT2D eigenvalue weighted by molar-refractivity contribution is 6.32. The summed E-state index contributed by atoms with van der Waals surface area (Å²) < 4.78 is 25.9. The molecule has 0 spiro atoms. The molecular formula is C22H23Cl2FN2O4. The molecule has 1 saturated heterocycles. The van der Waals surface area contributed by atoms with Gasteiger partial charge < -0.3 is 14.4 Å². The van der Waals surface area contributed by atoms with Crippen molar-refractivity contribution in [1.29, 1.82) is 0 Å². The van der Waals surface area contributed by atoms with E-state index in [1.54, 1.807) is 0 Å². The molecule has 1 aromatic heterocycles. The van der Waals surface area contributed by atoms with E-state index in [0.29, 0.717) is 31.9 Å². The predicted octanol–water partition coefficient (Wildman–Crippen LogP) is 5.55. The largest absolute Gasteiger partial charge is 0.476 e. The highest BCUT2D eigenvalue weighted by atomic mass is 35.5. The first kappa shape index (κ1) is 23.3. The predicted molar refractivity (Wildman–Crippen MR) is 116 cm³/mol. The number of rotatable bonds is 7. The summed E-state index contributed by atoms with van der Waals surface area (Å²) in [6.45, 7) is 6.28. The number of halogens is 3. The number of ketones is 1. The minimum atomic E-state index is -0.797. The first-order valence-electron chi connectivity index (χ1n) is 9.94. The van der Waals surface area contributed by atoms with Crippen molar-refractivity contribution >= 4 is 34.9 Å². The lowest BCUT2D eigenvalue weighted by Gasteiger charge is -2.23. The third-order valence-electron chi connectivity index (χ3n) is 4.80. The third-order valence-corrected chi connectivity index (χ3v) is 5.36. The van der Waals surface area contributed by atoms with Gasteiger partial charge in [-0.2, -0.15) is 0 Å². The van der Waals surface area contributed by atoms with Crippen LogP contribution in [0.2, 0.25) is 10.0 Å². The van der Waals surface area contributed by atoms with Gasteiger partial charge in [0.1, 0.15) is 22.3 Å². The van der Waals surface area contributed by atoms with Crippen LogP contribution in [0, 0.1) is 11.7 Å². The molecule has 2 heterocycles. The van der Waals surface area contributed by atoms with Gasteiger partial charge in [0.2, 0.25) is 5.88 Å². The molecule has 166 valence electrons. The fraction of sp³-hybridized carbons (Fsp3) is 0.409. The molecule has 31 heavy (non-hydrogen) atoms. The number of Topliss-reactive ketones (excluding diaryl/α,β-unsaturated/α-hetero) is 1.